The second kappa shape index (κ2) is 5.50. The van der Waals surface area contributed by atoms with Gasteiger partial charge < -0.3 is 9.68 Å². The zero-order chi connectivity index (χ0) is 16.8. The molecule has 0 spiro atoms. The van der Waals surface area contributed by atoms with Gasteiger partial charge in [-0.05, 0) is 43.8 Å². The van der Waals surface area contributed by atoms with Gasteiger partial charge in [0.15, 0.2) is 0 Å². The molecule has 1 N–H and O–H groups in total. The van der Waals surface area contributed by atoms with Crippen LogP contribution in [0.3, 0.4) is 0 Å². The average molecular weight is 322 g/mol. The predicted molar refractivity (Wildman–Crippen MR) is 106 cm³/mol. The highest BCUT2D eigenvalue weighted by molar-refractivity contribution is 6.32. The first kappa shape index (κ1) is 14.3. The van der Waals surface area contributed by atoms with E-state index in [1.54, 1.807) is 0 Å². The summed E-state index contributed by atoms with van der Waals surface area (Å²) in [4.78, 5) is 0. The molecule has 0 unspecified atom stereocenters. The lowest BCUT2D eigenvalue weighted by atomic mass is 9.91. The lowest BCUT2D eigenvalue weighted by molar-refractivity contribution is 0.457. The predicted octanol–water partition coefficient (Wildman–Crippen LogP) is 4.94. The van der Waals surface area contributed by atoms with Gasteiger partial charge in [0.25, 0.3) is 0 Å². The van der Waals surface area contributed by atoms with E-state index in [9.17, 15) is 5.02 Å². The Labute approximate surface area is 145 Å². The molecule has 0 amide bonds. The van der Waals surface area contributed by atoms with E-state index in [4.69, 9.17) is 4.65 Å². The van der Waals surface area contributed by atoms with E-state index in [1.807, 2.05) is 12.1 Å². The molecule has 0 aliphatic carbocycles. The maximum atomic E-state index is 9.31. The maximum Gasteiger partial charge on any atom is 0.504 e. The van der Waals surface area contributed by atoms with Crippen LogP contribution in [0.1, 0.15) is 0 Å². The van der Waals surface area contributed by atoms with Gasteiger partial charge in [0.2, 0.25) is 0 Å². The second-order valence-electron chi connectivity index (χ2n) is 6.21. The van der Waals surface area contributed by atoms with E-state index in [0.29, 0.717) is 5.75 Å². The fraction of sp³-hybridized carbons (Fsp3) is 0. The van der Waals surface area contributed by atoms with Gasteiger partial charge in [0, 0.05) is 5.39 Å². The number of rotatable bonds is 2. The Balaban J connectivity index is 2.15. The molecule has 3 heteroatoms. The Hall–Kier alpha value is -3.04. The van der Waals surface area contributed by atoms with Crippen molar-refractivity contribution in [2.45, 2.75) is 0 Å². The largest absolute Gasteiger partial charge is 0.538 e. The molecule has 2 nitrogen and oxygen atoms in total. The third-order valence-corrected chi connectivity index (χ3v) is 4.93. The molecule has 0 aliphatic heterocycles. The van der Waals surface area contributed by atoms with Crippen molar-refractivity contribution in [3.05, 3.63) is 78.9 Å². The zero-order valence-corrected chi connectivity index (χ0v) is 13.6. The molecule has 0 aliphatic rings. The molecule has 0 bridgehead atoms. The summed E-state index contributed by atoms with van der Waals surface area (Å²) < 4.78 is 5.54. The Bertz CT molecular complexity index is 1260. The SMILES string of the molecule is OBOc1cc2c3ccccc3c3ccccc3c2c2ccccc12. The van der Waals surface area contributed by atoms with Crippen LogP contribution in [0, 0.1) is 0 Å². The summed E-state index contributed by atoms with van der Waals surface area (Å²) in [5.74, 6) is 0.714. The van der Waals surface area contributed by atoms with Crippen LogP contribution in [0.5, 0.6) is 5.75 Å². The monoisotopic (exact) mass is 322 g/mol. The summed E-state index contributed by atoms with van der Waals surface area (Å²) in [6.07, 6.45) is 0. The molecular weight excluding hydrogens is 307 g/mol. The summed E-state index contributed by atoms with van der Waals surface area (Å²) in [5, 5.41) is 18.8. The first-order chi connectivity index (χ1) is 12.4. The van der Waals surface area contributed by atoms with Gasteiger partial charge in [-0.25, -0.2) is 0 Å². The summed E-state index contributed by atoms with van der Waals surface area (Å²) in [6.45, 7) is 0. The van der Waals surface area contributed by atoms with Crippen molar-refractivity contribution in [1.29, 1.82) is 0 Å². The molecular formula is C22H15BO2. The normalized spacial score (nSPS) is 11.4. The van der Waals surface area contributed by atoms with Crippen LogP contribution < -0.4 is 4.65 Å². The maximum absolute atomic E-state index is 9.31. The first-order valence-electron chi connectivity index (χ1n) is 8.37. The summed E-state index contributed by atoms with van der Waals surface area (Å²) in [5.41, 5.74) is 0. The third kappa shape index (κ3) is 2.03. The molecule has 0 saturated heterocycles. The third-order valence-electron chi connectivity index (χ3n) is 4.93. The molecule has 118 valence electrons. The zero-order valence-electron chi connectivity index (χ0n) is 13.6. The van der Waals surface area contributed by atoms with Crippen LogP contribution in [-0.4, -0.2) is 12.7 Å². The van der Waals surface area contributed by atoms with E-state index in [-0.39, 0.29) is 7.69 Å². The van der Waals surface area contributed by atoms with Crippen LogP contribution in [0.2, 0.25) is 0 Å². The van der Waals surface area contributed by atoms with Gasteiger partial charge in [-0.2, -0.15) is 0 Å². The van der Waals surface area contributed by atoms with Crippen molar-refractivity contribution < 1.29 is 9.68 Å². The number of hydrogen-bond donors (Lipinski definition) is 1. The highest BCUT2D eigenvalue weighted by Gasteiger charge is 2.14. The average Bonchev–Trinajstić information content (AvgIpc) is 2.68. The Morgan fingerprint density at radius 2 is 1.00 bits per heavy atom. The second-order valence-corrected chi connectivity index (χ2v) is 6.21. The molecule has 0 fully saturated rings. The van der Waals surface area contributed by atoms with Gasteiger partial charge >= 0.3 is 7.69 Å². The minimum atomic E-state index is -0.332. The van der Waals surface area contributed by atoms with E-state index in [0.717, 1.165) is 16.2 Å². The van der Waals surface area contributed by atoms with Crippen LogP contribution >= 0.6 is 0 Å². The van der Waals surface area contributed by atoms with Crippen LogP contribution in [0.25, 0.3) is 43.1 Å². The van der Waals surface area contributed by atoms with Crippen molar-refractivity contribution in [3.8, 4) is 5.75 Å². The molecule has 5 aromatic carbocycles. The number of benzene rings is 5. The highest BCUT2D eigenvalue weighted by atomic mass is 16.5. The molecule has 0 aromatic heterocycles. The Kier molecular flexibility index (Phi) is 3.15. The minimum Gasteiger partial charge on any atom is -0.538 e. The minimum absolute atomic E-state index is 0.332. The van der Waals surface area contributed by atoms with Crippen LogP contribution in [0.4, 0.5) is 0 Å². The summed E-state index contributed by atoms with van der Waals surface area (Å²) >= 11 is 0. The van der Waals surface area contributed by atoms with Crippen molar-refractivity contribution in [2.24, 2.45) is 0 Å². The van der Waals surface area contributed by atoms with Crippen LogP contribution in [-0.2, 0) is 0 Å². The Morgan fingerprint density at radius 1 is 0.560 bits per heavy atom. The van der Waals surface area contributed by atoms with Gasteiger partial charge in [0.05, 0.1) is 0 Å². The Morgan fingerprint density at radius 3 is 1.60 bits per heavy atom. The fourth-order valence-electron chi connectivity index (χ4n) is 3.92. The fourth-order valence-corrected chi connectivity index (χ4v) is 3.92. The molecule has 5 rings (SSSR count). The topological polar surface area (TPSA) is 29.5 Å². The van der Waals surface area contributed by atoms with Gasteiger partial charge in [-0.3, -0.25) is 0 Å². The van der Waals surface area contributed by atoms with Gasteiger partial charge in [0.1, 0.15) is 5.75 Å². The lowest BCUT2D eigenvalue weighted by Gasteiger charge is -2.15. The molecule has 25 heavy (non-hydrogen) atoms. The smallest absolute Gasteiger partial charge is 0.504 e. The molecule has 0 saturated carbocycles. The molecule has 5 aromatic rings. The van der Waals surface area contributed by atoms with Crippen molar-refractivity contribution >= 4 is 50.8 Å². The number of hydrogen-bond acceptors (Lipinski definition) is 2. The molecule has 0 heterocycles. The van der Waals surface area contributed by atoms with Crippen molar-refractivity contribution in [2.75, 3.05) is 0 Å². The van der Waals surface area contributed by atoms with E-state index < -0.39 is 0 Å². The summed E-state index contributed by atoms with van der Waals surface area (Å²) in [7, 11) is -0.332. The summed E-state index contributed by atoms with van der Waals surface area (Å²) in [6, 6.07) is 27.3. The highest BCUT2D eigenvalue weighted by Crippen LogP contribution is 2.41. The van der Waals surface area contributed by atoms with Crippen molar-refractivity contribution in [3.63, 3.8) is 0 Å². The quantitative estimate of drug-likeness (QED) is 0.368. The lowest BCUT2D eigenvalue weighted by Crippen LogP contribution is -2.00. The first-order valence-corrected chi connectivity index (χ1v) is 8.37. The molecule has 0 radical (unpaired) electrons. The van der Waals surface area contributed by atoms with Crippen molar-refractivity contribution in [1.82, 2.24) is 0 Å². The molecule has 0 atom stereocenters. The van der Waals surface area contributed by atoms with Gasteiger partial charge in [-0.15, -0.1) is 0 Å². The van der Waals surface area contributed by atoms with E-state index >= 15 is 0 Å². The number of fused-ring (bicyclic) bond motifs is 8. The standard InChI is InChI=1S/C22H15BO2/c24-23-25-21-13-20-16-9-2-1-7-14(16)15-8-3-5-11-18(15)22(20)19-12-6-4-10-17(19)21/h1-13,23-24H. The van der Waals surface area contributed by atoms with E-state index in [1.165, 1.54) is 26.9 Å². The van der Waals surface area contributed by atoms with Gasteiger partial charge in [-0.1, -0.05) is 72.8 Å². The van der Waals surface area contributed by atoms with E-state index in [2.05, 4.69) is 66.7 Å². The van der Waals surface area contributed by atoms with Crippen LogP contribution in [0.15, 0.2) is 78.9 Å².